The minimum Gasteiger partial charge on any atom is -0.493 e. The Balaban J connectivity index is 1.86. The van der Waals surface area contributed by atoms with Crippen molar-refractivity contribution < 1.29 is 9.47 Å². The first kappa shape index (κ1) is 15.0. The predicted molar refractivity (Wildman–Crippen MR) is 88.6 cm³/mol. The minimum absolute atomic E-state index is 0.104. The average Bonchev–Trinajstić information content (AvgIpc) is 2.48. The number of rotatable bonds is 5. The summed E-state index contributed by atoms with van der Waals surface area (Å²) in [4.78, 5) is 0. The number of hydrogen-bond acceptors (Lipinski definition) is 4. The topological polar surface area (TPSA) is 44.5 Å². The normalized spacial score (nSPS) is 21.6. The fourth-order valence-corrected chi connectivity index (χ4v) is 4.46. The van der Waals surface area contributed by atoms with Gasteiger partial charge in [-0.05, 0) is 43.3 Å². The number of ether oxygens (including phenoxy) is 2. The number of nitrogens with two attached hydrogens (primary N) is 1. The van der Waals surface area contributed by atoms with Crippen molar-refractivity contribution in [3.63, 3.8) is 0 Å². The van der Waals surface area contributed by atoms with Crippen LogP contribution in [0.3, 0.4) is 0 Å². The molecule has 2 fully saturated rings. The van der Waals surface area contributed by atoms with Crippen molar-refractivity contribution in [3.8, 4) is 11.5 Å². The zero-order valence-electron chi connectivity index (χ0n) is 12.8. The summed E-state index contributed by atoms with van der Waals surface area (Å²) < 4.78 is 12.0. The van der Waals surface area contributed by atoms with Gasteiger partial charge in [-0.2, -0.15) is 11.8 Å². The van der Waals surface area contributed by atoms with Crippen molar-refractivity contribution in [1.29, 1.82) is 0 Å². The molecule has 0 unspecified atom stereocenters. The molecule has 21 heavy (non-hydrogen) atoms. The van der Waals surface area contributed by atoms with Crippen molar-refractivity contribution in [2.24, 2.45) is 5.73 Å². The molecular formula is C17H25NO2S. The SMILES string of the molecule is COc1c(OC2CCSCC2)cccc1C1(CN)CCC1. The summed E-state index contributed by atoms with van der Waals surface area (Å²) in [7, 11) is 1.74. The first-order chi connectivity index (χ1) is 10.3. The van der Waals surface area contributed by atoms with E-state index in [9.17, 15) is 0 Å². The molecule has 3 nitrogen and oxygen atoms in total. The van der Waals surface area contributed by atoms with Gasteiger partial charge in [-0.25, -0.2) is 0 Å². The Labute approximate surface area is 131 Å². The van der Waals surface area contributed by atoms with Crippen LogP contribution in [0.4, 0.5) is 0 Å². The number of thioether (sulfide) groups is 1. The number of methoxy groups -OCH3 is 1. The molecule has 1 saturated carbocycles. The average molecular weight is 307 g/mol. The molecular weight excluding hydrogens is 282 g/mol. The van der Waals surface area contributed by atoms with Gasteiger partial charge >= 0.3 is 0 Å². The van der Waals surface area contributed by atoms with E-state index in [1.54, 1.807) is 7.11 Å². The highest BCUT2D eigenvalue weighted by Crippen LogP contribution is 2.49. The molecule has 3 rings (SSSR count). The van der Waals surface area contributed by atoms with E-state index >= 15 is 0 Å². The van der Waals surface area contributed by atoms with Gasteiger partial charge in [0.15, 0.2) is 11.5 Å². The van der Waals surface area contributed by atoms with Crippen molar-refractivity contribution in [2.75, 3.05) is 25.2 Å². The van der Waals surface area contributed by atoms with Gasteiger partial charge in [0.2, 0.25) is 0 Å². The fraction of sp³-hybridized carbons (Fsp3) is 0.647. The molecule has 116 valence electrons. The number of benzene rings is 1. The van der Waals surface area contributed by atoms with Crippen molar-refractivity contribution >= 4 is 11.8 Å². The van der Waals surface area contributed by atoms with E-state index in [0.29, 0.717) is 12.6 Å². The van der Waals surface area contributed by atoms with Crippen LogP contribution in [0.1, 0.15) is 37.7 Å². The number of hydrogen-bond donors (Lipinski definition) is 1. The van der Waals surface area contributed by atoms with Crippen LogP contribution >= 0.6 is 11.8 Å². The first-order valence-electron chi connectivity index (χ1n) is 7.91. The molecule has 0 bridgehead atoms. The second-order valence-corrected chi connectivity index (χ2v) is 7.33. The van der Waals surface area contributed by atoms with Gasteiger partial charge in [-0.3, -0.25) is 0 Å². The van der Waals surface area contributed by atoms with Gasteiger partial charge in [0.1, 0.15) is 6.10 Å². The summed E-state index contributed by atoms with van der Waals surface area (Å²) in [6.07, 6.45) is 6.14. The monoisotopic (exact) mass is 307 g/mol. The summed E-state index contributed by atoms with van der Waals surface area (Å²) in [6.45, 7) is 0.687. The van der Waals surface area contributed by atoms with Crippen LogP contribution in [0.5, 0.6) is 11.5 Å². The second kappa shape index (κ2) is 6.49. The van der Waals surface area contributed by atoms with E-state index in [2.05, 4.69) is 12.1 Å². The van der Waals surface area contributed by atoms with Gasteiger partial charge in [-0.1, -0.05) is 18.6 Å². The molecule has 4 heteroatoms. The highest BCUT2D eigenvalue weighted by atomic mass is 32.2. The molecule has 0 atom stereocenters. The largest absolute Gasteiger partial charge is 0.493 e. The maximum Gasteiger partial charge on any atom is 0.164 e. The lowest BCUT2D eigenvalue weighted by Crippen LogP contribution is -2.41. The van der Waals surface area contributed by atoms with Crippen molar-refractivity contribution in [3.05, 3.63) is 23.8 Å². The van der Waals surface area contributed by atoms with Crippen molar-refractivity contribution in [1.82, 2.24) is 0 Å². The quantitative estimate of drug-likeness (QED) is 0.906. The van der Waals surface area contributed by atoms with E-state index in [1.807, 2.05) is 17.8 Å². The van der Waals surface area contributed by atoms with Gasteiger partial charge in [0, 0.05) is 17.5 Å². The molecule has 2 aliphatic rings. The maximum absolute atomic E-state index is 6.25. The highest BCUT2D eigenvalue weighted by Gasteiger charge is 2.40. The van der Waals surface area contributed by atoms with Gasteiger partial charge in [0.25, 0.3) is 0 Å². The molecule has 1 heterocycles. The first-order valence-corrected chi connectivity index (χ1v) is 9.06. The number of para-hydroxylation sites is 1. The third-order valence-corrected chi connectivity index (χ3v) is 5.97. The van der Waals surface area contributed by atoms with E-state index in [1.165, 1.54) is 23.5 Å². The van der Waals surface area contributed by atoms with Crippen LogP contribution in [0.25, 0.3) is 0 Å². The van der Waals surface area contributed by atoms with Crippen molar-refractivity contribution in [2.45, 2.75) is 43.6 Å². The smallest absolute Gasteiger partial charge is 0.164 e. The van der Waals surface area contributed by atoms with Crippen LogP contribution in [-0.4, -0.2) is 31.3 Å². The Bertz CT molecular complexity index is 476. The summed E-state index contributed by atoms with van der Waals surface area (Å²) in [5, 5.41) is 0. The molecule has 1 saturated heterocycles. The maximum atomic E-state index is 6.25. The van der Waals surface area contributed by atoms with Crippen LogP contribution < -0.4 is 15.2 Å². The van der Waals surface area contributed by atoms with E-state index < -0.39 is 0 Å². The molecule has 2 N–H and O–H groups in total. The molecule has 0 radical (unpaired) electrons. The third kappa shape index (κ3) is 2.88. The lowest BCUT2D eigenvalue weighted by molar-refractivity contribution is 0.180. The predicted octanol–water partition coefficient (Wildman–Crippen LogP) is 3.35. The molecule has 1 aliphatic heterocycles. The Morgan fingerprint density at radius 1 is 1.29 bits per heavy atom. The van der Waals surface area contributed by atoms with Crippen LogP contribution in [0, 0.1) is 0 Å². The fourth-order valence-electron chi connectivity index (χ4n) is 3.40. The Kier molecular flexibility index (Phi) is 4.65. The van der Waals surface area contributed by atoms with Crippen LogP contribution in [-0.2, 0) is 5.41 Å². The molecule has 1 aromatic carbocycles. The van der Waals surface area contributed by atoms with E-state index in [0.717, 1.165) is 37.2 Å². The summed E-state index contributed by atoms with van der Waals surface area (Å²) in [6, 6.07) is 6.28. The molecule has 1 aliphatic carbocycles. The second-order valence-electron chi connectivity index (χ2n) is 6.10. The summed E-state index contributed by atoms with van der Waals surface area (Å²) >= 11 is 2.02. The summed E-state index contributed by atoms with van der Waals surface area (Å²) in [5.41, 5.74) is 7.40. The minimum atomic E-state index is 0.104. The lowest BCUT2D eigenvalue weighted by atomic mass is 9.64. The van der Waals surface area contributed by atoms with Gasteiger partial charge in [0.05, 0.1) is 7.11 Å². The van der Waals surface area contributed by atoms with E-state index in [-0.39, 0.29) is 5.41 Å². The zero-order chi connectivity index (χ0) is 14.7. The molecule has 0 spiro atoms. The molecule has 1 aromatic rings. The highest BCUT2D eigenvalue weighted by molar-refractivity contribution is 7.99. The standard InChI is InChI=1S/C17H25NO2S/c1-19-16-14(17(12-18)8-3-9-17)4-2-5-15(16)20-13-6-10-21-11-7-13/h2,4-5,13H,3,6-12,18H2,1H3. The van der Waals surface area contributed by atoms with Crippen LogP contribution in [0.2, 0.25) is 0 Å². The third-order valence-electron chi connectivity index (χ3n) is 4.92. The Morgan fingerprint density at radius 3 is 2.62 bits per heavy atom. The Morgan fingerprint density at radius 2 is 2.05 bits per heavy atom. The molecule has 0 aromatic heterocycles. The van der Waals surface area contributed by atoms with Crippen LogP contribution in [0.15, 0.2) is 18.2 Å². The molecule has 0 amide bonds. The van der Waals surface area contributed by atoms with Gasteiger partial charge < -0.3 is 15.2 Å². The lowest BCUT2D eigenvalue weighted by Gasteiger charge is -2.42. The Hall–Kier alpha value is -0.870. The van der Waals surface area contributed by atoms with Gasteiger partial charge in [-0.15, -0.1) is 0 Å². The summed E-state index contributed by atoms with van der Waals surface area (Å²) in [5.74, 6) is 4.19. The van der Waals surface area contributed by atoms with E-state index in [4.69, 9.17) is 15.2 Å². The zero-order valence-corrected chi connectivity index (χ0v) is 13.6.